The molecule has 0 saturated heterocycles. The first-order chi connectivity index (χ1) is 16.5. The molecule has 4 rings (SSSR count). The van der Waals surface area contributed by atoms with Crippen molar-refractivity contribution >= 4 is 11.9 Å². The van der Waals surface area contributed by atoms with Gasteiger partial charge >= 0.3 is 6.09 Å². The molecule has 35 heavy (non-hydrogen) atoms. The third-order valence-corrected chi connectivity index (χ3v) is 5.65. The minimum atomic E-state index is -0.948. The van der Waals surface area contributed by atoms with Crippen LogP contribution < -0.4 is 0 Å². The van der Waals surface area contributed by atoms with Crippen molar-refractivity contribution in [1.29, 1.82) is 0 Å². The number of benzene rings is 2. The van der Waals surface area contributed by atoms with Crippen molar-refractivity contribution in [2.24, 2.45) is 0 Å². The first-order valence-corrected chi connectivity index (χ1v) is 11.3. The number of ether oxygens (including phenoxy) is 1. The van der Waals surface area contributed by atoms with Crippen molar-refractivity contribution in [2.45, 2.75) is 52.3 Å². The van der Waals surface area contributed by atoms with Crippen LogP contribution in [-0.2, 0) is 30.7 Å². The van der Waals surface area contributed by atoms with Crippen LogP contribution in [0.25, 0.3) is 0 Å². The van der Waals surface area contributed by atoms with Gasteiger partial charge in [-0.2, -0.15) is 0 Å². The van der Waals surface area contributed by atoms with E-state index in [4.69, 9.17) is 4.74 Å². The van der Waals surface area contributed by atoms with Crippen molar-refractivity contribution < 1.29 is 27.5 Å². The summed E-state index contributed by atoms with van der Waals surface area (Å²) in [5.74, 6) is -2.76. The minimum Gasteiger partial charge on any atom is -0.444 e. The Morgan fingerprint density at radius 3 is 2.51 bits per heavy atom. The lowest BCUT2D eigenvalue weighted by molar-refractivity contribution is 0.0223. The van der Waals surface area contributed by atoms with Gasteiger partial charge in [-0.3, -0.25) is 4.79 Å². The Kier molecular flexibility index (Phi) is 6.69. The topological polar surface area (TPSA) is 64.4 Å². The molecule has 0 unspecified atom stereocenters. The zero-order chi connectivity index (χ0) is 25.3. The van der Waals surface area contributed by atoms with Gasteiger partial charge in [0.05, 0.1) is 6.33 Å². The van der Waals surface area contributed by atoms with E-state index in [1.807, 2.05) is 0 Å². The number of hydrogen-bond donors (Lipinski definition) is 0. The number of hydrogen-bond acceptors (Lipinski definition) is 4. The van der Waals surface area contributed by atoms with E-state index in [0.29, 0.717) is 24.1 Å². The summed E-state index contributed by atoms with van der Waals surface area (Å²) in [5, 5.41) is 0. The van der Waals surface area contributed by atoms with Crippen LogP contribution in [0, 0.1) is 17.5 Å². The number of carbonyl (C=O) groups is 2. The number of Topliss-reactive ketones (excluding diaryl/α,β-unsaturated/α-hetero) is 1. The molecule has 2 aromatic carbocycles. The molecule has 1 amide bonds. The van der Waals surface area contributed by atoms with Crippen molar-refractivity contribution in [3.8, 4) is 0 Å². The molecule has 1 aromatic heterocycles. The molecule has 184 valence electrons. The van der Waals surface area contributed by atoms with Gasteiger partial charge in [0.15, 0.2) is 17.4 Å². The van der Waals surface area contributed by atoms with Gasteiger partial charge in [-0.25, -0.2) is 22.9 Å². The summed E-state index contributed by atoms with van der Waals surface area (Å²) in [6.07, 6.45) is 2.83. The summed E-state index contributed by atoms with van der Waals surface area (Å²) in [5.41, 5.74) is 1.89. The molecule has 3 aromatic rings. The van der Waals surface area contributed by atoms with Crippen LogP contribution in [-0.4, -0.2) is 38.5 Å². The smallest absolute Gasteiger partial charge is 0.410 e. The Balaban J connectivity index is 1.42. The minimum absolute atomic E-state index is 0.154. The lowest BCUT2D eigenvalue weighted by atomic mass is 9.95. The fraction of sp³-hybridized carbons (Fsp3) is 0.346. The number of rotatable bonds is 5. The first-order valence-electron chi connectivity index (χ1n) is 11.3. The summed E-state index contributed by atoms with van der Waals surface area (Å²) in [6.45, 7) is 6.25. The second kappa shape index (κ2) is 9.56. The summed E-state index contributed by atoms with van der Waals surface area (Å²) in [7, 11) is 0. The molecule has 0 bridgehead atoms. The second-order valence-corrected chi connectivity index (χ2v) is 9.64. The maximum Gasteiger partial charge on any atom is 0.410 e. The standard InChI is InChI=1S/C26H26F3N3O3/c1-26(2,3)35-25(34)32-7-6-17-9-18(21(28)10-19(17)13-32)11-24(33)23-14-31(15-30-23)12-16-4-5-20(27)22(29)8-16/h4-5,8-10,14-15H,6-7,11-13H2,1-3H3. The van der Waals surface area contributed by atoms with Crippen molar-refractivity contribution in [3.05, 3.63) is 88.3 Å². The Hall–Kier alpha value is -3.62. The monoisotopic (exact) mass is 485 g/mol. The molecule has 0 atom stereocenters. The first kappa shape index (κ1) is 24.5. The van der Waals surface area contributed by atoms with Gasteiger partial charge in [-0.15, -0.1) is 0 Å². The average molecular weight is 486 g/mol. The summed E-state index contributed by atoms with van der Waals surface area (Å²) >= 11 is 0. The predicted octanol–water partition coefficient (Wildman–Crippen LogP) is 5.07. The van der Waals surface area contributed by atoms with Crippen LogP contribution in [0.4, 0.5) is 18.0 Å². The predicted molar refractivity (Wildman–Crippen MR) is 122 cm³/mol. The molecule has 0 saturated carbocycles. The number of carbonyl (C=O) groups excluding carboxylic acids is 2. The number of amides is 1. The Morgan fingerprint density at radius 2 is 1.80 bits per heavy atom. The highest BCUT2D eigenvalue weighted by Gasteiger charge is 2.27. The van der Waals surface area contributed by atoms with Crippen LogP contribution in [0.1, 0.15) is 53.5 Å². The molecular weight excluding hydrogens is 459 g/mol. The molecule has 6 nitrogen and oxygen atoms in total. The van der Waals surface area contributed by atoms with Crippen LogP contribution in [0.15, 0.2) is 42.9 Å². The normalized spacial score (nSPS) is 13.5. The largest absolute Gasteiger partial charge is 0.444 e. The van der Waals surface area contributed by atoms with Gasteiger partial charge in [-0.05, 0) is 67.6 Å². The Morgan fingerprint density at radius 1 is 1.03 bits per heavy atom. The second-order valence-electron chi connectivity index (χ2n) is 9.64. The van der Waals surface area contributed by atoms with E-state index in [0.717, 1.165) is 17.7 Å². The summed E-state index contributed by atoms with van der Waals surface area (Å²) < 4.78 is 48.4. The molecule has 9 heteroatoms. The van der Waals surface area contributed by atoms with Crippen molar-refractivity contribution in [3.63, 3.8) is 0 Å². The number of fused-ring (bicyclic) bond motifs is 1. The van der Waals surface area contributed by atoms with Gasteiger partial charge in [0.1, 0.15) is 17.1 Å². The number of imidazole rings is 1. The van der Waals surface area contributed by atoms with Gasteiger partial charge in [-0.1, -0.05) is 12.1 Å². The molecule has 0 N–H and O–H groups in total. The van der Waals surface area contributed by atoms with Crippen LogP contribution >= 0.6 is 0 Å². The molecule has 1 aliphatic rings. The fourth-order valence-corrected chi connectivity index (χ4v) is 3.95. The van der Waals surface area contributed by atoms with Crippen LogP contribution in [0.3, 0.4) is 0 Å². The number of halogens is 3. The van der Waals surface area contributed by atoms with Gasteiger partial charge in [0.2, 0.25) is 0 Å². The van der Waals surface area contributed by atoms with Gasteiger partial charge in [0.25, 0.3) is 0 Å². The average Bonchev–Trinajstić information content (AvgIpc) is 3.24. The van der Waals surface area contributed by atoms with E-state index >= 15 is 0 Å². The number of nitrogens with zero attached hydrogens (tertiary/aromatic N) is 3. The number of ketones is 1. The number of aromatic nitrogens is 2. The van der Waals surface area contributed by atoms with Crippen LogP contribution in [0.2, 0.25) is 0 Å². The molecule has 0 radical (unpaired) electrons. The Labute approximate surface area is 201 Å². The van der Waals surface area contributed by atoms with E-state index in [9.17, 15) is 22.8 Å². The third kappa shape index (κ3) is 5.90. The zero-order valence-electron chi connectivity index (χ0n) is 19.8. The quantitative estimate of drug-likeness (QED) is 0.474. The zero-order valence-corrected chi connectivity index (χ0v) is 19.8. The van der Waals surface area contributed by atoms with E-state index in [-0.39, 0.29) is 36.6 Å². The molecule has 0 aliphatic carbocycles. The van der Waals surface area contributed by atoms with Gasteiger partial charge < -0.3 is 14.2 Å². The van der Waals surface area contributed by atoms with Crippen molar-refractivity contribution in [2.75, 3.05) is 6.54 Å². The highest BCUT2D eigenvalue weighted by atomic mass is 19.2. The summed E-state index contributed by atoms with van der Waals surface area (Å²) in [4.78, 5) is 30.7. The van der Waals surface area contributed by atoms with Crippen molar-refractivity contribution in [1.82, 2.24) is 14.5 Å². The van der Waals surface area contributed by atoms with Gasteiger partial charge in [0, 0.05) is 32.3 Å². The molecule has 0 fully saturated rings. The van der Waals surface area contributed by atoms with E-state index < -0.39 is 29.1 Å². The lowest BCUT2D eigenvalue weighted by Crippen LogP contribution is -2.40. The van der Waals surface area contributed by atoms with E-state index in [1.54, 1.807) is 31.4 Å². The fourth-order valence-electron chi connectivity index (χ4n) is 3.95. The highest BCUT2D eigenvalue weighted by Crippen LogP contribution is 2.25. The highest BCUT2D eigenvalue weighted by molar-refractivity contribution is 5.95. The van der Waals surface area contributed by atoms with E-state index in [1.165, 1.54) is 29.6 Å². The molecule has 2 heterocycles. The maximum atomic E-state index is 14.8. The molecule has 0 spiro atoms. The molecular formula is C26H26F3N3O3. The summed E-state index contributed by atoms with van der Waals surface area (Å²) in [6, 6.07) is 6.62. The Bertz CT molecular complexity index is 1280. The molecule has 1 aliphatic heterocycles. The lowest BCUT2D eigenvalue weighted by Gasteiger charge is -2.31. The maximum absolute atomic E-state index is 14.8. The third-order valence-electron chi connectivity index (χ3n) is 5.65. The van der Waals surface area contributed by atoms with E-state index in [2.05, 4.69) is 4.98 Å². The van der Waals surface area contributed by atoms with Crippen LogP contribution in [0.5, 0.6) is 0 Å². The SMILES string of the molecule is CC(C)(C)OC(=O)N1CCc2cc(CC(=O)c3cn(Cc4ccc(F)c(F)c4)cn3)c(F)cc2C1.